The van der Waals surface area contributed by atoms with E-state index in [9.17, 15) is 0 Å². The Hall–Kier alpha value is -0.320. The molecule has 0 saturated carbocycles. The van der Waals surface area contributed by atoms with Crippen molar-refractivity contribution in [3.05, 3.63) is 33.8 Å². The van der Waals surface area contributed by atoms with Gasteiger partial charge in [-0.15, -0.1) is 0 Å². The normalized spacial score (nSPS) is 25.6. The molecule has 0 aliphatic carbocycles. The van der Waals surface area contributed by atoms with Gasteiger partial charge in [0, 0.05) is 25.6 Å². The monoisotopic (exact) mass is 329 g/mol. The highest BCUT2D eigenvalue weighted by Crippen LogP contribution is 2.33. The quantitative estimate of drug-likeness (QED) is 0.835. The second-order valence-electron chi connectivity index (χ2n) is 5.90. The Balaban J connectivity index is 1.49. The lowest BCUT2D eigenvalue weighted by molar-refractivity contribution is -0.147. The molecule has 116 valence electrons. The van der Waals surface area contributed by atoms with Crippen molar-refractivity contribution in [2.24, 2.45) is 0 Å². The minimum absolute atomic E-state index is 0.149. The molecule has 2 heterocycles. The first kappa shape index (κ1) is 15.6. The third-order valence-corrected chi connectivity index (χ3v) is 5.09. The van der Waals surface area contributed by atoms with Crippen molar-refractivity contribution in [2.45, 2.75) is 38.0 Å². The average molecular weight is 330 g/mol. The maximum absolute atomic E-state index is 6.08. The molecule has 0 spiro atoms. The van der Waals surface area contributed by atoms with Gasteiger partial charge >= 0.3 is 0 Å². The Labute approximate surface area is 136 Å². The van der Waals surface area contributed by atoms with E-state index in [0.717, 1.165) is 39.1 Å². The number of likely N-dealkylation sites (tertiary alicyclic amines) is 1. The highest BCUT2D eigenvalue weighted by molar-refractivity contribution is 6.42. The second kappa shape index (κ2) is 6.84. The van der Waals surface area contributed by atoms with Crippen molar-refractivity contribution in [3.63, 3.8) is 0 Å². The molecular formula is C16H21Cl2NO2. The van der Waals surface area contributed by atoms with E-state index in [-0.39, 0.29) is 12.3 Å². The molecule has 0 bridgehead atoms. The van der Waals surface area contributed by atoms with Crippen molar-refractivity contribution in [1.29, 1.82) is 0 Å². The summed E-state index contributed by atoms with van der Waals surface area (Å²) in [7, 11) is 0. The Morgan fingerprint density at radius 3 is 2.76 bits per heavy atom. The van der Waals surface area contributed by atoms with E-state index < -0.39 is 0 Å². The molecule has 2 atom stereocenters. The molecule has 2 aliphatic heterocycles. The highest BCUT2D eigenvalue weighted by Gasteiger charge is 2.33. The van der Waals surface area contributed by atoms with E-state index in [4.69, 9.17) is 32.7 Å². The standard InChI is InChI=1S/C16H21Cl2NO2/c1-11(21-14-3-2-6-20-10-14)19-8-13(9-19)12-4-5-15(17)16(18)7-12/h4-5,7,11,13-14H,2-3,6,8-10H2,1H3. The van der Waals surface area contributed by atoms with Gasteiger partial charge in [-0.25, -0.2) is 0 Å². The first-order valence-corrected chi connectivity index (χ1v) is 8.31. The molecule has 2 aliphatic rings. The largest absolute Gasteiger partial charge is 0.379 e. The first-order chi connectivity index (χ1) is 10.1. The maximum Gasteiger partial charge on any atom is 0.108 e. The molecule has 2 unspecified atom stereocenters. The zero-order valence-corrected chi connectivity index (χ0v) is 13.7. The zero-order valence-electron chi connectivity index (χ0n) is 12.2. The van der Waals surface area contributed by atoms with Crippen LogP contribution < -0.4 is 0 Å². The second-order valence-corrected chi connectivity index (χ2v) is 6.71. The van der Waals surface area contributed by atoms with Gasteiger partial charge in [-0.2, -0.15) is 0 Å². The van der Waals surface area contributed by atoms with Crippen LogP contribution >= 0.6 is 23.2 Å². The van der Waals surface area contributed by atoms with Gasteiger partial charge in [0.05, 0.1) is 22.8 Å². The van der Waals surface area contributed by atoms with Gasteiger partial charge in [-0.1, -0.05) is 29.3 Å². The minimum atomic E-state index is 0.149. The Morgan fingerprint density at radius 1 is 1.29 bits per heavy atom. The van der Waals surface area contributed by atoms with Crippen molar-refractivity contribution < 1.29 is 9.47 Å². The molecule has 3 nitrogen and oxygen atoms in total. The predicted molar refractivity (Wildman–Crippen MR) is 85.2 cm³/mol. The summed E-state index contributed by atoms with van der Waals surface area (Å²) < 4.78 is 11.5. The van der Waals surface area contributed by atoms with Crippen LogP contribution in [0.25, 0.3) is 0 Å². The fourth-order valence-electron chi connectivity index (χ4n) is 2.97. The fourth-order valence-corrected chi connectivity index (χ4v) is 3.28. The number of ether oxygens (including phenoxy) is 2. The fraction of sp³-hybridized carbons (Fsp3) is 0.625. The van der Waals surface area contributed by atoms with Crippen LogP contribution in [0.4, 0.5) is 0 Å². The van der Waals surface area contributed by atoms with E-state index >= 15 is 0 Å². The molecule has 0 aromatic heterocycles. The lowest BCUT2D eigenvalue weighted by Crippen LogP contribution is -2.51. The van der Waals surface area contributed by atoms with Gasteiger partial charge in [-0.3, -0.25) is 4.90 Å². The van der Waals surface area contributed by atoms with Gasteiger partial charge in [0.1, 0.15) is 6.23 Å². The summed E-state index contributed by atoms with van der Waals surface area (Å²) >= 11 is 12.0. The van der Waals surface area contributed by atoms with Crippen LogP contribution in [-0.2, 0) is 9.47 Å². The summed E-state index contributed by atoms with van der Waals surface area (Å²) in [6, 6.07) is 5.92. The predicted octanol–water partition coefficient (Wildman–Crippen LogP) is 3.93. The molecule has 2 saturated heterocycles. The summed E-state index contributed by atoms with van der Waals surface area (Å²) in [6.07, 6.45) is 2.60. The zero-order chi connectivity index (χ0) is 14.8. The van der Waals surface area contributed by atoms with E-state index in [1.165, 1.54) is 5.56 Å². The van der Waals surface area contributed by atoms with Crippen LogP contribution in [0.1, 0.15) is 31.2 Å². The number of hydrogen-bond donors (Lipinski definition) is 0. The summed E-state index contributed by atoms with van der Waals surface area (Å²) in [5, 5.41) is 1.25. The van der Waals surface area contributed by atoms with Gasteiger partial charge in [0.15, 0.2) is 0 Å². The third kappa shape index (κ3) is 3.72. The lowest BCUT2D eigenvalue weighted by atomic mass is 9.91. The van der Waals surface area contributed by atoms with Gasteiger partial charge in [0.25, 0.3) is 0 Å². The van der Waals surface area contributed by atoms with E-state index in [1.807, 2.05) is 12.1 Å². The van der Waals surface area contributed by atoms with Crippen LogP contribution in [0.3, 0.4) is 0 Å². The van der Waals surface area contributed by atoms with E-state index in [0.29, 0.717) is 16.0 Å². The minimum Gasteiger partial charge on any atom is -0.379 e. The van der Waals surface area contributed by atoms with Crippen LogP contribution in [0.15, 0.2) is 18.2 Å². The molecule has 5 heteroatoms. The van der Waals surface area contributed by atoms with Gasteiger partial charge < -0.3 is 9.47 Å². The Morgan fingerprint density at radius 2 is 2.10 bits per heavy atom. The maximum atomic E-state index is 6.08. The van der Waals surface area contributed by atoms with Crippen molar-refractivity contribution in [2.75, 3.05) is 26.3 Å². The summed E-state index contributed by atoms with van der Waals surface area (Å²) in [4.78, 5) is 2.35. The van der Waals surface area contributed by atoms with Crippen LogP contribution in [0.5, 0.6) is 0 Å². The summed E-state index contributed by atoms with van der Waals surface area (Å²) in [6.45, 7) is 5.74. The number of rotatable bonds is 4. The molecule has 3 rings (SSSR count). The number of nitrogens with zero attached hydrogens (tertiary/aromatic N) is 1. The SMILES string of the molecule is CC(OC1CCCOC1)N1CC(c2ccc(Cl)c(Cl)c2)C1. The molecule has 1 aromatic carbocycles. The van der Waals surface area contributed by atoms with Crippen LogP contribution in [0, 0.1) is 0 Å². The number of hydrogen-bond acceptors (Lipinski definition) is 3. The van der Waals surface area contributed by atoms with Crippen molar-refractivity contribution in [3.8, 4) is 0 Å². The molecule has 2 fully saturated rings. The molecule has 21 heavy (non-hydrogen) atoms. The molecular weight excluding hydrogens is 309 g/mol. The number of benzene rings is 1. The Kier molecular flexibility index (Phi) is 5.07. The molecule has 0 amide bonds. The lowest BCUT2D eigenvalue weighted by Gasteiger charge is -2.44. The van der Waals surface area contributed by atoms with Gasteiger partial charge in [-0.05, 0) is 37.5 Å². The summed E-state index contributed by atoms with van der Waals surface area (Å²) in [5.41, 5.74) is 1.26. The molecule has 0 N–H and O–H groups in total. The average Bonchev–Trinajstić information content (AvgIpc) is 2.42. The van der Waals surface area contributed by atoms with Crippen LogP contribution in [0.2, 0.25) is 10.0 Å². The topological polar surface area (TPSA) is 21.7 Å². The summed E-state index contributed by atoms with van der Waals surface area (Å²) in [5.74, 6) is 0.522. The third-order valence-electron chi connectivity index (χ3n) is 4.35. The van der Waals surface area contributed by atoms with E-state index in [1.54, 1.807) is 0 Å². The van der Waals surface area contributed by atoms with Crippen molar-refractivity contribution >= 4 is 23.2 Å². The van der Waals surface area contributed by atoms with E-state index in [2.05, 4.69) is 17.9 Å². The molecule has 1 aromatic rings. The van der Waals surface area contributed by atoms with Crippen LogP contribution in [-0.4, -0.2) is 43.5 Å². The first-order valence-electron chi connectivity index (χ1n) is 7.55. The Bertz CT molecular complexity index is 485. The smallest absolute Gasteiger partial charge is 0.108 e. The number of halogens is 2. The van der Waals surface area contributed by atoms with Gasteiger partial charge in [0.2, 0.25) is 0 Å². The highest BCUT2D eigenvalue weighted by atomic mass is 35.5. The molecule has 0 radical (unpaired) electrons. The van der Waals surface area contributed by atoms with Crippen molar-refractivity contribution in [1.82, 2.24) is 4.90 Å².